The summed E-state index contributed by atoms with van der Waals surface area (Å²) in [5.74, 6) is -0.244. The standard InChI is InChI=1S/C15H25NO2/c1-2-3-5-10-15(17)18-14-9-8-13-16-11-6-4-7-12-16/h2-3,5,10H,4,6-9,11-14H2,1H3/b3-2+,10-5+. The van der Waals surface area contributed by atoms with Crippen molar-refractivity contribution in [2.24, 2.45) is 0 Å². The molecule has 0 aromatic carbocycles. The van der Waals surface area contributed by atoms with Crippen LogP contribution in [0, 0.1) is 0 Å². The summed E-state index contributed by atoms with van der Waals surface area (Å²) in [5.41, 5.74) is 0. The number of carbonyl (C=O) groups is 1. The smallest absolute Gasteiger partial charge is 0.330 e. The van der Waals surface area contributed by atoms with E-state index in [2.05, 4.69) is 4.90 Å². The van der Waals surface area contributed by atoms with Crippen LogP contribution in [0.3, 0.4) is 0 Å². The van der Waals surface area contributed by atoms with Crippen LogP contribution in [-0.2, 0) is 9.53 Å². The Morgan fingerprint density at radius 1 is 1.17 bits per heavy atom. The molecule has 102 valence electrons. The summed E-state index contributed by atoms with van der Waals surface area (Å²) >= 11 is 0. The van der Waals surface area contributed by atoms with Crippen LogP contribution in [0.5, 0.6) is 0 Å². The molecule has 0 aromatic rings. The zero-order valence-electron chi connectivity index (χ0n) is 11.4. The highest BCUT2D eigenvalue weighted by Gasteiger charge is 2.08. The first-order valence-electron chi connectivity index (χ1n) is 7.01. The molecule has 0 bridgehead atoms. The van der Waals surface area contributed by atoms with Gasteiger partial charge in [-0.05, 0) is 52.2 Å². The summed E-state index contributed by atoms with van der Waals surface area (Å²) < 4.78 is 5.10. The van der Waals surface area contributed by atoms with E-state index in [0.717, 1.165) is 19.4 Å². The van der Waals surface area contributed by atoms with E-state index in [1.54, 1.807) is 6.08 Å². The Hall–Kier alpha value is -1.09. The maximum Gasteiger partial charge on any atom is 0.330 e. The quantitative estimate of drug-likeness (QED) is 0.301. The number of ether oxygens (including phenoxy) is 1. The topological polar surface area (TPSA) is 29.5 Å². The molecule has 0 radical (unpaired) electrons. The van der Waals surface area contributed by atoms with Crippen LogP contribution < -0.4 is 0 Å². The van der Waals surface area contributed by atoms with Crippen LogP contribution >= 0.6 is 0 Å². The largest absolute Gasteiger partial charge is 0.463 e. The van der Waals surface area contributed by atoms with E-state index in [0.29, 0.717) is 6.61 Å². The van der Waals surface area contributed by atoms with Crippen molar-refractivity contribution >= 4 is 5.97 Å². The summed E-state index contributed by atoms with van der Waals surface area (Å²) in [7, 11) is 0. The number of hydrogen-bond donors (Lipinski definition) is 0. The maximum absolute atomic E-state index is 11.2. The summed E-state index contributed by atoms with van der Waals surface area (Å²) in [6, 6.07) is 0. The predicted molar refractivity (Wildman–Crippen MR) is 74.4 cm³/mol. The molecule has 0 saturated carbocycles. The second kappa shape index (κ2) is 9.89. The second-order valence-corrected chi connectivity index (χ2v) is 4.66. The van der Waals surface area contributed by atoms with Gasteiger partial charge in [-0.1, -0.05) is 24.6 Å². The molecule has 1 rings (SSSR count). The van der Waals surface area contributed by atoms with Crippen LogP contribution in [0.1, 0.15) is 39.0 Å². The number of allylic oxidation sites excluding steroid dienone is 3. The first-order valence-corrected chi connectivity index (χ1v) is 7.01. The van der Waals surface area contributed by atoms with Gasteiger partial charge in [0.25, 0.3) is 0 Å². The van der Waals surface area contributed by atoms with Crippen LogP contribution in [-0.4, -0.2) is 37.1 Å². The van der Waals surface area contributed by atoms with Gasteiger partial charge in [-0.2, -0.15) is 0 Å². The Labute approximate surface area is 110 Å². The van der Waals surface area contributed by atoms with Crippen LogP contribution in [0.15, 0.2) is 24.3 Å². The Balaban J connectivity index is 1.96. The predicted octanol–water partition coefficient (Wildman–Crippen LogP) is 2.93. The molecule has 0 aromatic heterocycles. The fourth-order valence-corrected chi connectivity index (χ4v) is 2.09. The molecule has 1 aliphatic rings. The fourth-order valence-electron chi connectivity index (χ4n) is 2.09. The Morgan fingerprint density at radius 3 is 2.67 bits per heavy atom. The second-order valence-electron chi connectivity index (χ2n) is 4.66. The highest BCUT2D eigenvalue weighted by molar-refractivity contribution is 5.82. The molecule has 0 atom stereocenters. The molecular weight excluding hydrogens is 226 g/mol. The summed E-state index contributed by atoms with van der Waals surface area (Å²) in [4.78, 5) is 13.7. The highest BCUT2D eigenvalue weighted by Crippen LogP contribution is 2.09. The maximum atomic E-state index is 11.2. The number of piperidine rings is 1. The van der Waals surface area contributed by atoms with Gasteiger partial charge >= 0.3 is 5.97 Å². The van der Waals surface area contributed by atoms with Crippen molar-refractivity contribution in [1.29, 1.82) is 0 Å². The summed E-state index contributed by atoms with van der Waals surface area (Å²) in [5, 5.41) is 0. The van der Waals surface area contributed by atoms with E-state index in [9.17, 15) is 4.79 Å². The summed E-state index contributed by atoms with van der Waals surface area (Å²) in [6.07, 6.45) is 13.0. The Morgan fingerprint density at radius 2 is 1.94 bits per heavy atom. The van der Waals surface area contributed by atoms with Crippen molar-refractivity contribution in [1.82, 2.24) is 4.90 Å². The van der Waals surface area contributed by atoms with Crippen molar-refractivity contribution in [3.63, 3.8) is 0 Å². The molecule has 3 nitrogen and oxygen atoms in total. The third-order valence-corrected chi connectivity index (χ3v) is 3.10. The number of hydrogen-bond acceptors (Lipinski definition) is 3. The van der Waals surface area contributed by atoms with E-state index in [1.807, 2.05) is 19.1 Å². The lowest BCUT2D eigenvalue weighted by molar-refractivity contribution is -0.137. The van der Waals surface area contributed by atoms with Gasteiger partial charge in [0.1, 0.15) is 0 Å². The molecule has 0 spiro atoms. The molecule has 3 heteroatoms. The lowest BCUT2D eigenvalue weighted by atomic mass is 10.1. The molecule has 0 aliphatic carbocycles. The molecule has 1 saturated heterocycles. The third-order valence-electron chi connectivity index (χ3n) is 3.10. The van der Waals surface area contributed by atoms with Gasteiger partial charge in [0.2, 0.25) is 0 Å². The first-order chi connectivity index (χ1) is 8.83. The van der Waals surface area contributed by atoms with Crippen LogP contribution in [0.25, 0.3) is 0 Å². The van der Waals surface area contributed by atoms with Crippen LogP contribution in [0.2, 0.25) is 0 Å². The van der Waals surface area contributed by atoms with Crippen molar-refractivity contribution in [2.45, 2.75) is 39.0 Å². The minimum atomic E-state index is -0.244. The number of esters is 1. The SMILES string of the molecule is C/C=C/C=C/C(=O)OCCCCN1CCCCC1. The molecule has 1 fully saturated rings. The van der Waals surface area contributed by atoms with Gasteiger partial charge in [-0.15, -0.1) is 0 Å². The minimum absolute atomic E-state index is 0.244. The minimum Gasteiger partial charge on any atom is -0.463 e. The highest BCUT2D eigenvalue weighted by atomic mass is 16.5. The lowest BCUT2D eigenvalue weighted by Gasteiger charge is -2.26. The van der Waals surface area contributed by atoms with Gasteiger partial charge in [0.15, 0.2) is 0 Å². The zero-order chi connectivity index (χ0) is 13.1. The fraction of sp³-hybridized carbons (Fsp3) is 0.667. The number of unbranched alkanes of at least 4 members (excludes halogenated alkanes) is 1. The van der Waals surface area contributed by atoms with Gasteiger partial charge in [0.05, 0.1) is 6.61 Å². The Bertz CT molecular complexity index is 278. The van der Waals surface area contributed by atoms with Crippen LogP contribution in [0.4, 0.5) is 0 Å². The Kier molecular flexibility index (Phi) is 8.23. The van der Waals surface area contributed by atoms with E-state index in [4.69, 9.17) is 4.74 Å². The molecule has 0 amide bonds. The van der Waals surface area contributed by atoms with Gasteiger partial charge < -0.3 is 9.64 Å². The molecule has 1 heterocycles. The average Bonchev–Trinajstić information content (AvgIpc) is 2.40. The first kappa shape index (κ1) is 15.0. The van der Waals surface area contributed by atoms with E-state index in [1.165, 1.54) is 38.4 Å². The van der Waals surface area contributed by atoms with E-state index < -0.39 is 0 Å². The molecule has 0 N–H and O–H groups in total. The van der Waals surface area contributed by atoms with Gasteiger partial charge in [-0.25, -0.2) is 4.79 Å². The lowest BCUT2D eigenvalue weighted by Crippen LogP contribution is -2.30. The third kappa shape index (κ3) is 7.28. The molecular formula is C15H25NO2. The normalized spacial score (nSPS) is 17.6. The van der Waals surface area contributed by atoms with E-state index >= 15 is 0 Å². The number of carbonyl (C=O) groups excluding carboxylic acids is 1. The summed E-state index contributed by atoms with van der Waals surface area (Å²) in [6.45, 7) is 6.08. The van der Waals surface area contributed by atoms with Gasteiger partial charge in [0, 0.05) is 6.08 Å². The van der Waals surface area contributed by atoms with Crippen molar-refractivity contribution in [3.8, 4) is 0 Å². The number of nitrogens with zero attached hydrogens (tertiary/aromatic N) is 1. The van der Waals surface area contributed by atoms with E-state index in [-0.39, 0.29) is 5.97 Å². The monoisotopic (exact) mass is 251 g/mol. The molecule has 1 aliphatic heterocycles. The van der Waals surface area contributed by atoms with Crippen molar-refractivity contribution < 1.29 is 9.53 Å². The van der Waals surface area contributed by atoms with Gasteiger partial charge in [-0.3, -0.25) is 0 Å². The molecule has 18 heavy (non-hydrogen) atoms. The van der Waals surface area contributed by atoms with Crippen molar-refractivity contribution in [2.75, 3.05) is 26.2 Å². The zero-order valence-corrected chi connectivity index (χ0v) is 11.4. The number of rotatable bonds is 7. The molecule has 0 unspecified atom stereocenters. The average molecular weight is 251 g/mol. The number of likely N-dealkylation sites (tertiary alicyclic amines) is 1. The van der Waals surface area contributed by atoms with Crippen molar-refractivity contribution in [3.05, 3.63) is 24.3 Å².